The van der Waals surface area contributed by atoms with Crippen molar-refractivity contribution in [2.45, 2.75) is 45.2 Å². The van der Waals surface area contributed by atoms with E-state index in [1.165, 1.54) is 38.1 Å². The quantitative estimate of drug-likeness (QED) is 0.753. The number of thioether (sulfide) groups is 1. The summed E-state index contributed by atoms with van der Waals surface area (Å²) >= 11 is 1.96. The molecule has 0 aromatic rings. The third-order valence-corrected chi connectivity index (χ3v) is 3.95. The first-order valence-electron chi connectivity index (χ1n) is 6.24. The molecule has 15 heavy (non-hydrogen) atoms. The molecule has 1 heterocycles. The number of nitrogens with one attached hydrogen (secondary N) is 1. The highest BCUT2D eigenvalue weighted by molar-refractivity contribution is 7.98. The number of piperidine rings is 1. The molecule has 1 saturated heterocycles. The molecule has 2 atom stereocenters. The van der Waals surface area contributed by atoms with E-state index in [1.807, 2.05) is 11.8 Å². The smallest absolute Gasteiger partial charge is 0.0195 e. The van der Waals surface area contributed by atoms with Crippen LogP contribution in [0.2, 0.25) is 0 Å². The standard InChI is InChI=1S/C12H26N2S/c1-4-13-12-6-5-8-14(10-12)11(2)7-9-15-3/h11-13H,4-10H2,1-3H3. The van der Waals surface area contributed by atoms with Gasteiger partial charge in [-0.05, 0) is 51.3 Å². The molecule has 2 nitrogen and oxygen atoms in total. The Balaban J connectivity index is 2.27. The molecule has 2 unspecified atom stereocenters. The molecule has 0 saturated carbocycles. The van der Waals surface area contributed by atoms with Gasteiger partial charge in [0.15, 0.2) is 0 Å². The number of likely N-dealkylation sites (N-methyl/N-ethyl adjacent to an activating group) is 1. The molecule has 1 rings (SSSR count). The van der Waals surface area contributed by atoms with Crippen molar-refractivity contribution in [2.75, 3.05) is 31.6 Å². The van der Waals surface area contributed by atoms with Gasteiger partial charge in [0.1, 0.15) is 0 Å². The van der Waals surface area contributed by atoms with Gasteiger partial charge in [-0.25, -0.2) is 0 Å². The Morgan fingerprint density at radius 1 is 1.53 bits per heavy atom. The van der Waals surface area contributed by atoms with Gasteiger partial charge in [0.05, 0.1) is 0 Å². The second-order valence-electron chi connectivity index (χ2n) is 4.52. The highest BCUT2D eigenvalue weighted by Crippen LogP contribution is 2.15. The second kappa shape index (κ2) is 7.53. The SMILES string of the molecule is CCNC1CCCN(C(C)CCSC)C1. The van der Waals surface area contributed by atoms with Crippen molar-refractivity contribution in [1.82, 2.24) is 10.2 Å². The highest BCUT2D eigenvalue weighted by atomic mass is 32.2. The van der Waals surface area contributed by atoms with Gasteiger partial charge in [-0.1, -0.05) is 6.92 Å². The van der Waals surface area contributed by atoms with Crippen LogP contribution in [0.5, 0.6) is 0 Å². The normalized spacial score (nSPS) is 25.4. The number of nitrogens with zero attached hydrogens (tertiary/aromatic N) is 1. The summed E-state index contributed by atoms with van der Waals surface area (Å²) in [7, 11) is 0. The first kappa shape index (κ1) is 13.3. The van der Waals surface area contributed by atoms with Crippen LogP contribution in [0.15, 0.2) is 0 Å². The van der Waals surface area contributed by atoms with Crippen LogP contribution in [-0.4, -0.2) is 48.6 Å². The molecule has 1 aliphatic heterocycles. The predicted octanol–water partition coefficient (Wildman–Crippen LogP) is 2.20. The third kappa shape index (κ3) is 4.75. The summed E-state index contributed by atoms with van der Waals surface area (Å²) in [4.78, 5) is 2.66. The Labute approximate surface area is 99.2 Å². The average molecular weight is 230 g/mol. The molecule has 0 spiro atoms. The number of hydrogen-bond donors (Lipinski definition) is 1. The van der Waals surface area contributed by atoms with Gasteiger partial charge in [-0.3, -0.25) is 4.90 Å². The van der Waals surface area contributed by atoms with Crippen molar-refractivity contribution >= 4 is 11.8 Å². The van der Waals surface area contributed by atoms with E-state index in [9.17, 15) is 0 Å². The van der Waals surface area contributed by atoms with Crippen LogP contribution < -0.4 is 5.32 Å². The fraction of sp³-hybridized carbons (Fsp3) is 1.00. The zero-order valence-electron chi connectivity index (χ0n) is 10.5. The van der Waals surface area contributed by atoms with Crippen molar-refractivity contribution in [3.05, 3.63) is 0 Å². The minimum absolute atomic E-state index is 0.737. The summed E-state index contributed by atoms with van der Waals surface area (Å²) in [6, 6.07) is 1.50. The van der Waals surface area contributed by atoms with Gasteiger partial charge in [0.2, 0.25) is 0 Å². The van der Waals surface area contributed by atoms with E-state index in [1.54, 1.807) is 0 Å². The lowest BCUT2D eigenvalue weighted by Gasteiger charge is -2.37. The molecule has 1 N–H and O–H groups in total. The molecular weight excluding hydrogens is 204 g/mol. The van der Waals surface area contributed by atoms with E-state index < -0.39 is 0 Å². The van der Waals surface area contributed by atoms with Crippen molar-refractivity contribution < 1.29 is 0 Å². The van der Waals surface area contributed by atoms with E-state index in [-0.39, 0.29) is 0 Å². The summed E-state index contributed by atoms with van der Waals surface area (Å²) in [6.07, 6.45) is 6.26. The summed E-state index contributed by atoms with van der Waals surface area (Å²) < 4.78 is 0. The summed E-state index contributed by atoms with van der Waals surface area (Å²) in [6.45, 7) is 8.25. The van der Waals surface area contributed by atoms with Gasteiger partial charge in [-0.2, -0.15) is 11.8 Å². The van der Waals surface area contributed by atoms with E-state index in [0.717, 1.165) is 18.6 Å². The zero-order valence-corrected chi connectivity index (χ0v) is 11.3. The van der Waals surface area contributed by atoms with E-state index in [0.29, 0.717) is 0 Å². The van der Waals surface area contributed by atoms with Gasteiger partial charge < -0.3 is 5.32 Å². The number of rotatable bonds is 6. The Hall–Kier alpha value is 0.270. The Morgan fingerprint density at radius 2 is 2.33 bits per heavy atom. The van der Waals surface area contributed by atoms with Crippen molar-refractivity contribution in [1.29, 1.82) is 0 Å². The highest BCUT2D eigenvalue weighted by Gasteiger charge is 2.22. The molecule has 0 bridgehead atoms. The lowest BCUT2D eigenvalue weighted by Crippen LogP contribution is -2.48. The average Bonchev–Trinajstić information content (AvgIpc) is 2.27. The molecule has 0 amide bonds. The van der Waals surface area contributed by atoms with Gasteiger partial charge in [0.25, 0.3) is 0 Å². The molecule has 0 aromatic carbocycles. The molecule has 0 aromatic heterocycles. The lowest BCUT2D eigenvalue weighted by molar-refractivity contribution is 0.144. The molecule has 1 aliphatic rings. The Morgan fingerprint density at radius 3 is 3.00 bits per heavy atom. The van der Waals surface area contributed by atoms with Crippen LogP contribution in [0, 0.1) is 0 Å². The first-order valence-corrected chi connectivity index (χ1v) is 7.63. The van der Waals surface area contributed by atoms with Gasteiger partial charge in [-0.15, -0.1) is 0 Å². The fourth-order valence-electron chi connectivity index (χ4n) is 2.33. The first-order chi connectivity index (χ1) is 7.27. The maximum Gasteiger partial charge on any atom is 0.0195 e. The zero-order chi connectivity index (χ0) is 11.1. The van der Waals surface area contributed by atoms with Gasteiger partial charge >= 0.3 is 0 Å². The predicted molar refractivity (Wildman–Crippen MR) is 70.7 cm³/mol. The molecule has 3 heteroatoms. The van der Waals surface area contributed by atoms with Crippen molar-refractivity contribution in [3.63, 3.8) is 0 Å². The summed E-state index contributed by atoms with van der Waals surface area (Å²) in [5, 5.41) is 3.58. The second-order valence-corrected chi connectivity index (χ2v) is 5.51. The van der Waals surface area contributed by atoms with Crippen LogP contribution in [0.3, 0.4) is 0 Å². The van der Waals surface area contributed by atoms with E-state index in [2.05, 4.69) is 30.3 Å². The summed E-state index contributed by atoms with van der Waals surface area (Å²) in [5.74, 6) is 1.30. The minimum Gasteiger partial charge on any atom is -0.313 e. The van der Waals surface area contributed by atoms with Crippen LogP contribution in [0.25, 0.3) is 0 Å². The van der Waals surface area contributed by atoms with Crippen molar-refractivity contribution in [3.8, 4) is 0 Å². The van der Waals surface area contributed by atoms with Crippen LogP contribution in [-0.2, 0) is 0 Å². The van der Waals surface area contributed by atoms with Crippen LogP contribution in [0.4, 0.5) is 0 Å². The topological polar surface area (TPSA) is 15.3 Å². The number of hydrogen-bond acceptors (Lipinski definition) is 3. The monoisotopic (exact) mass is 230 g/mol. The van der Waals surface area contributed by atoms with Gasteiger partial charge in [0, 0.05) is 18.6 Å². The third-order valence-electron chi connectivity index (χ3n) is 3.31. The number of likely N-dealkylation sites (tertiary alicyclic amines) is 1. The maximum atomic E-state index is 3.58. The molecule has 1 fully saturated rings. The molecule has 0 radical (unpaired) electrons. The van der Waals surface area contributed by atoms with E-state index >= 15 is 0 Å². The molecule has 90 valence electrons. The summed E-state index contributed by atoms with van der Waals surface area (Å²) in [5.41, 5.74) is 0. The Bertz CT molecular complexity index is 162. The lowest BCUT2D eigenvalue weighted by atomic mass is 10.0. The van der Waals surface area contributed by atoms with Crippen LogP contribution >= 0.6 is 11.8 Å². The maximum absolute atomic E-state index is 3.58. The fourth-order valence-corrected chi connectivity index (χ4v) is 2.91. The molecule has 0 aliphatic carbocycles. The van der Waals surface area contributed by atoms with Crippen molar-refractivity contribution in [2.24, 2.45) is 0 Å². The minimum atomic E-state index is 0.737. The van der Waals surface area contributed by atoms with E-state index in [4.69, 9.17) is 0 Å². The largest absolute Gasteiger partial charge is 0.313 e. The Kier molecular flexibility index (Phi) is 6.69. The van der Waals surface area contributed by atoms with Crippen LogP contribution in [0.1, 0.15) is 33.1 Å². The molecular formula is C12H26N2S.